The summed E-state index contributed by atoms with van der Waals surface area (Å²) in [5.41, 5.74) is 2.49. The smallest absolute Gasteiger partial charge is 0.0755 e. The van der Waals surface area contributed by atoms with Gasteiger partial charge in [-0.05, 0) is 25.1 Å². The molecule has 19 heavy (non-hydrogen) atoms. The first kappa shape index (κ1) is 14.3. The van der Waals surface area contributed by atoms with E-state index in [2.05, 4.69) is 48.3 Å². The Kier molecular flexibility index (Phi) is 5.19. The number of morpholine rings is 1. The molecule has 1 aliphatic heterocycles. The highest BCUT2D eigenvalue weighted by Gasteiger charge is 2.25. The summed E-state index contributed by atoms with van der Waals surface area (Å²) in [5.74, 6) is 0. The monoisotopic (exact) mass is 264 g/mol. The van der Waals surface area contributed by atoms with Gasteiger partial charge in [-0.2, -0.15) is 0 Å². The second kappa shape index (κ2) is 6.89. The Bertz CT molecular complexity index is 397. The number of nitrogens with one attached hydrogen (secondary N) is 1. The van der Waals surface area contributed by atoms with Crippen molar-refractivity contribution in [3.05, 3.63) is 29.8 Å². The fraction of sp³-hybridized carbons (Fsp3) is 0.600. The minimum atomic E-state index is 0.0590. The van der Waals surface area contributed by atoms with Gasteiger partial charge in [0.15, 0.2) is 0 Å². The molecule has 0 aromatic heterocycles. The van der Waals surface area contributed by atoms with E-state index in [9.17, 15) is 5.11 Å². The number of ether oxygens (including phenoxy) is 1. The van der Waals surface area contributed by atoms with Crippen molar-refractivity contribution in [2.45, 2.75) is 25.9 Å². The van der Waals surface area contributed by atoms with E-state index < -0.39 is 0 Å². The molecule has 2 atom stereocenters. The highest BCUT2D eigenvalue weighted by molar-refractivity contribution is 5.56. The van der Waals surface area contributed by atoms with Crippen molar-refractivity contribution in [2.75, 3.05) is 37.8 Å². The zero-order chi connectivity index (χ0) is 13.7. The van der Waals surface area contributed by atoms with Crippen LogP contribution < -0.4 is 10.2 Å². The molecule has 2 rings (SSSR count). The van der Waals surface area contributed by atoms with Crippen LogP contribution in [0, 0.1) is 0 Å². The summed E-state index contributed by atoms with van der Waals surface area (Å²) in [6.07, 6.45) is 0. The van der Waals surface area contributed by atoms with Gasteiger partial charge in [0.05, 0.1) is 25.9 Å². The first-order chi connectivity index (χ1) is 9.27. The van der Waals surface area contributed by atoms with E-state index in [1.54, 1.807) is 0 Å². The average Bonchev–Trinajstić information content (AvgIpc) is 2.47. The maximum Gasteiger partial charge on any atom is 0.0755 e. The van der Waals surface area contributed by atoms with E-state index in [1.165, 1.54) is 11.3 Å². The third-order valence-electron chi connectivity index (χ3n) is 3.66. The van der Waals surface area contributed by atoms with Crippen LogP contribution in [0.25, 0.3) is 0 Å². The Labute approximate surface area is 115 Å². The molecule has 4 nitrogen and oxygen atoms in total. The van der Waals surface area contributed by atoms with E-state index in [0.29, 0.717) is 12.6 Å². The lowest BCUT2D eigenvalue weighted by Crippen LogP contribution is -2.48. The number of para-hydroxylation sites is 1. The molecule has 0 saturated carbocycles. The lowest BCUT2D eigenvalue weighted by atomic mass is 10.0. The molecule has 2 N–H and O–H groups in total. The van der Waals surface area contributed by atoms with Crippen molar-refractivity contribution < 1.29 is 9.84 Å². The molecule has 0 spiro atoms. The van der Waals surface area contributed by atoms with Crippen LogP contribution in [0.1, 0.15) is 25.5 Å². The highest BCUT2D eigenvalue weighted by Crippen LogP contribution is 2.28. The zero-order valence-electron chi connectivity index (χ0n) is 11.8. The number of nitrogens with zero attached hydrogens (tertiary/aromatic N) is 1. The van der Waals surface area contributed by atoms with Gasteiger partial charge in [-0.25, -0.2) is 0 Å². The highest BCUT2D eigenvalue weighted by atomic mass is 16.5. The van der Waals surface area contributed by atoms with Gasteiger partial charge < -0.3 is 20.1 Å². The molecule has 0 amide bonds. The number of rotatable bonds is 5. The van der Waals surface area contributed by atoms with Crippen LogP contribution in [0.2, 0.25) is 0 Å². The Hall–Kier alpha value is -1.10. The maximum atomic E-state index is 9.52. The van der Waals surface area contributed by atoms with Gasteiger partial charge in [-0.15, -0.1) is 0 Å². The van der Waals surface area contributed by atoms with E-state index >= 15 is 0 Å². The molecule has 1 saturated heterocycles. The number of anilines is 1. The molecule has 1 aromatic rings. The van der Waals surface area contributed by atoms with Gasteiger partial charge in [0.25, 0.3) is 0 Å². The number of aliphatic hydroxyl groups excluding tert-OH is 1. The summed E-state index contributed by atoms with van der Waals surface area (Å²) >= 11 is 0. The molecule has 1 heterocycles. The maximum absolute atomic E-state index is 9.52. The summed E-state index contributed by atoms with van der Waals surface area (Å²) in [7, 11) is 0. The molecule has 0 aliphatic carbocycles. The fourth-order valence-corrected chi connectivity index (χ4v) is 2.65. The Balaban J connectivity index is 2.27. The van der Waals surface area contributed by atoms with Crippen LogP contribution in [-0.2, 0) is 4.74 Å². The molecule has 0 bridgehead atoms. The van der Waals surface area contributed by atoms with Crippen LogP contribution >= 0.6 is 0 Å². The van der Waals surface area contributed by atoms with E-state index in [0.717, 1.165) is 19.7 Å². The lowest BCUT2D eigenvalue weighted by Gasteiger charge is -2.38. The first-order valence-corrected chi connectivity index (χ1v) is 7.05. The standard InChI is InChI=1S/C15H24N2O2/c1-3-16-12(2)14-6-4-5-7-15(14)17-8-9-19-11-13(17)10-18/h4-7,12-13,16,18H,3,8-11H2,1-2H3. The van der Waals surface area contributed by atoms with Crippen molar-refractivity contribution in [1.82, 2.24) is 5.32 Å². The van der Waals surface area contributed by atoms with Gasteiger partial charge in [0, 0.05) is 18.3 Å². The van der Waals surface area contributed by atoms with Crippen LogP contribution in [0.4, 0.5) is 5.69 Å². The number of benzene rings is 1. The largest absolute Gasteiger partial charge is 0.394 e. The van der Waals surface area contributed by atoms with E-state index in [1.807, 2.05) is 0 Å². The van der Waals surface area contributed by atoms with Crippen molar-refractivity contribution >= 4 is 5.69 Å². The molecule has 2 unspecified atom stereocenters. The van der Waals surface area contributed by atoms with Gasteiger partial charge in [0.2, 0.25) is 0 Å². The predicted molar refractivity (Wildman–Crippen MR) is 77.6 cm³/mol. The van der Waals surface area contributed by atoms with Crippen molar-refractivity contribution in [1.29, 1.82) is 0 Å². The quantitative estimate of drug-likeness (QED) is 0.847. The van der Waals surface area contributed by atoms with Gasteiger partial charge in [0.1, 0.15) is 0 Å². The molecule has 4 heteroatoms. The van der Waals surface area contributed by atoms with E-state index in [-0.39, 0.29) is 12.6 Å². The van der Waals surface area contributed by atoms with Crippen molar-refractivity contribution in [3.8, 4) is 0 Å². The Morgan fingerprint density at radius 2 is 2.26 bits per heavy atom. The number of hydrogen-bond acceptors (Lipinski definition) is 4. The Morgan fingerprint density at radius 1 is 1.47 bits per heavy atom. The number of aliphatic hydroxyl groups is 1. The minimum absolute atomic E-state index is 0.0590. The van der Waals surface area contributed by atoms with Crippen LogP contribution in [-0.4, -0.2) is 44.1 Å². The van der Waals surface area contributed by atoms with Crippen LogP contribution in [0.5, 0.6) is 0 Å². The Morgan fingerprint density at radius 3 is 3.00 bits per heavy atom. The number of hydrogen-bond donors (Lipinski definition) is 2. The molecule has 1 aliphatic rings. The molecule has 106 valence electrons. The topological polar surface area (TPSA) is 44.7 Å². The van der Waals surface area contributed by atoms with Crippen molar-refractivity contribution in [3.63, 3.8) is 0 Å². The third kappa shape index (κ3) is 3.26. The summed E-state index contributed by atoms with van der Waals surface area (Å²) < 4.78 is 5.46. The van der Waals surface area contributed by atoms with Crippen molar-refractivity contribution in [2.24, 2.45) is 0 Å². The average molecular weight is 264 g/mol. The molecule has 1 fully saturated rings. The van der Waals surface area contributed by atoms with Gasteiger partial charge in [-0.1, -0.05) is 25.1 Å². The normalized spacial score (nSPS) is 21.4. The molecular weight excluding hydrogens is 240 g/mol. The summed E-state index contributed by atoms with van der Waals surface area (Å²) in [6.45, 7) is 7.52. The van der Waals surface area contributed by atoms with E-state index in [4.69, 9.17) is 4.74 Å². The fourth-order valence-electron chi connectivity index (χ4n) is 2.65. The minimum Gasteiger partial charge on any atom is -0.394 e. The zero-order valence-corrected chi connectivity index (χ0v) is 11.8. The second-order valence-electron chi connectivity index (χ2n) is 4.94. The summed E-state index contributed by atoms with van der Waals surface area (Å²) in [5, 5.41) is 13.0. The summed E-state index contributed by atoms with van der Waals surface area (Å²) in [6, 6.07) is 8.79. The summed E-state index contributed by atoms with van der Waals surface area (Å²) in [4.78, 5) is 2.27. The lowest BCUT2D eigenvalue weighted by molar-refractivity contribution is 0.0726. The molecule has 1 aromatic carbocycles. The predicted octanol–water partition coefficient (Wildman–Crippen LogP) is 1.55. The van der Waals surface area contributed by atoms with Gasteiger partial charge >= 0.3 is 0 Å². The van der Waals surface area contributed by atoms with Gasteiger partial charge in [-0.3, -0.25) is 0 Å². The second-order valence-corrected chi connectivity index (χ2v) is 4.94. The third-order valence-corrected chi connectivity index (χ3v) is 3.66. The molecular formula is C15H24N2O2. The molecule has 0 radical (unpaired) electrons. The van der Waals surface area contributed by atoms with Crippen LogP contribution in [0.15, 0.2) is 24.3 Å². The van der Waals surface area contributed by atoms with Crippen LogP contribution in [0.3, 0.4) is 0 Å². The first-order valence-electron chi connectivity index (χ1n) is 7.05. The SMILES string of the molecule is CCNC(C)c1ccccc1N1CCOCC1CO.